The number of hydrogen-bond donors (Lipinski definition) is 2. The molecular formula is C22H19NO4. The molecular weight excluding hydrogens is 342 g/mol. The van der Waals surface area contributed by atoms with Gasteiger partial charge < -0.3 is 15.2 Å². The lowest BCUT2D eigenvalue weighted by molar-refractivity contribution is 0.0696. The van der Waals surface area contributed by atoms with E-state index in [1.54, 1.807) is 36.4 Å². The highest BCUT2D eigenvalue weighted by atomic mass is 16.5. The third-order valence-electron chi connectivity index (χ3n) is 3.97. The molecule has 0 bridgehead atoms. The van der Waals surface area contributed by atoms with Gasteiger partial charge in [0.1, 0.15) is 12.4 Å². The molecule has 3 aromatic rings. The number of carbonyl (C=O) groups is 2. The Hall–Kier alpha value is -3.60. The molecule has 5 heteroatoms. The third-order valence-corrected chi connectivity index (χ3v) is 3.97. The SMILES string of the molecule is Cc1cccc(COc2ccc(C(=O)Nc3cccc(C(=O)O)c3)cc2)c1. The molecule has 0 radical (unpaired) electrons. The molecule has 3 rings (SSSR count). The summed E-state index contributed by atoms with van der Waals surface area (Å²) in [5, 5.41) is 11.7. The Labute approximate surface area is 157 Å². The van der Waals surface area contributed by atoms with Gasteiger partial charge >= 0.3 is 5.97 Å². The lowest BCUT2D eigenvalue weighted by atomic mass is 10.1. The second-order valence-corrected chi connectivity index (χ2v) is 6.14. The lowest BCUT2D eigenvalue weighted by Crippen LogP contribution is -2.12. The highest BCUT2D eigenvalue weighted by Crippen LogP contribution is 2.17. The van der Waals surface area contributed by atoms with E-state index in [4.69, 9.17) is 9.84 Å². The van der Waals surface area contributed by atoms with Crippen LogP contribution in [0.3, 0.4) is 0 Å². The molecule has 1 amide bonds. The van der Waals surface area contributed by atoms with Crippen LogP contribution in [0.25, 0.3) is 0 Å². The minimum absolute atomic E-state index is 0.118. The molecule has 5 nitrogen and oxygen atoms in total. The summed E-state index contributed by atoms with van der Waals surface area (Å²) < 4.78 is 5.75. The Morgan fingerprint density at radius 3 is 2.37 bits per heavy atom. The van der Waals surface area contributed by atoms with Crippen molar-refractivity contribution in [2.45, 2.75) is 13.5 Å². The van der Waals surface area contributed by atoms with E-state index in [1.807, 2.05) is 25.1 Å². The average Bonchev–Trinajstić information content (AvgIpc) is 2.67. The van der Waals surface area contributed by atoms with Crippen LogP contribution in [0, 0.1) is 6.92 Å². The molecule has 0 aromatic heterocycles. The number of nitrogens with one attached hydrogen (secondary N) is 1. The van der Waals surface area contributed by atoms with Crippen molar-refractivity contribution in [3.05, 3.63) is 95.1 Å². The summed E-state index contributed by atoms with van der Waals surface area (Å²) in [5.74, 6) is -0.690. The molecule has 0 spiro atoms. The van der Waals surface area contributed by atoms with E-state index in [2.05, 4.69) is 11.4 Å². The van der Waals surface area contributed by atoms with Gasteiger partial charge in [0.25, 0.3) is 5.91 Å². The van der Waals surface area contributed by atoms with Gasteiger partial charge in [-0.05, 0) is 55.0 Å². The average molecular weight is 361 g/mol. The first kappa shape index (κ1) is 18.2. The second-order valence-electron chi connectivity index (χ2n) is 6.14. The maximum atomic E-state index is 12.3. The molecule has 0 atom stereocenters. The Kier molecular flexibility index (Phi) is 5.52. The van der Waals surface area contributed by atoms with Gasteiger partial charge in [0, 0.05) is 11.3 Å². The van der Waals surface area contributed by atoms with E-state index < -0.39 is 5.97 Å². The number of benzene rings is 3. The van der Waals surface area contributed by atoms with Gasteiger partial charge in [0.15, 0.2) is 0 Å². The number of carboxylic acid groups (broad SMARTS) is 1. The molecule has 0 unspecified atom stereocenters. The standard InChI is InChI=1S/C22H19NO4/c1-15-4-2-5-16(12-15)14-27-20-10-8-17(9-11-20)21(24)23-19-7-3-6-18(13-19)22(25)26/h2-13H,14H2,1H3,(H,23,24)(H,25,26). The number of carboxylic acids is 1. The summed E-state index contributed by atoms with van der Waals surface area (Å²) in [5.41, 5.74) is 3.26. The maximum Gasteiger partial charge on any atom is 0.335 e. The predicted molar refractivity (Wildman–Crippen MR) is 103 cm³/mol. The topological polar surface area (TPSA) is 75.6 Å². The summed E-state index contributed by atoms with van der Waals surface area (Å²) in [4.78, 5) is 23.3. The van der Waals surface area contributed by atoms with Crippen LogP contribution >= 0.6 is 0 Å². The first-order chi connectivity index (χ1) is 13.0. The van der Waals surface area contributed by atoms with Crippen molar-refractivity contribution in [1.29, 1.82) is 0 Å². The van der Waals surface area contributed by atoms with Crippen LogP contribution in [0.2, 0.25) is 0 Å². The highest BCUT2D eigenvalue weighted by molar-refractivity contribution is 6.04. The van der Waals surface area contributed by atoms with Crippen LogP contribution in [0.5, 0.6) is 5.75 Å². The molecule has 0 saturated carbocycles. The molecule has 27 heavy (non-hydrogen) atoms. The zero-order valence-electron chi connectivity index (χ0n) is 14.8. The van der Waals surface area contributed by atoms with E-state index in [-0.39, 0.29) is 11.5 Å². The summed E-state index contributed by atoms with van der Waals surface area (Å²) in [6.45, 7) is 2.48. The maximum absolute atomic E-state index is 12.3. The second kappa shape index (κ2) is 8.19. The minimum Gasteiger partial charge on any atom is -0.489 e. The fourth-order valence-electron chi connectivity index (χ4n) is 2.60. The van der Waals surface area contributed by atoms with Crippen LogP contribution in [0.15, 0.2) is 72.8 Å². The van der Waals surface area contributed by atoms with E-state index in [1.165, 1.54) is 17.7 Å². The monoisotopic (exact) mass is 361 g/mol. The highest BCUT2D eigenvalue weighted by Gasteiger charge is 2.09. The van der Waals surface area contributed by atoms with Crippen molar-refractivity contribution in [1.82, 2.24) is 0 Å². The van der Waals surface area contributed by atoms with Crippen LogP contribution in [-0.2, 0) is 6.61 Å². The number of amides is 1. The van der Waals surface area contributed by atoms with E-state index >= 15 is 0 Å². The minimum atomic E-state index is -1.04. The molecule has 0 heterocycles. The first-order valence-electron chi connectivity index (χ1n) is 8.44. The quantitative estimate of drug-likeness (QED) is 0.677. The van der Waals surface area contributed by atoms with Gasteiger partial charge in [-0.2, -0.15) is 0 Å². The Morgan fingerprint density at radius 1 is 0.926 bits per heavy atom. The number of hydrogen-bond acceptors (Lipinski definition) is 3. The smallest absolute Gasteiger partial charge is 0.335 e. The van der Waals surface area contributed by atoms with E-state index in [0.717, 1.165) is 5.56 Å². The van der Waals surface area contributed by atoms with Crippen LogP contribution < -0.4 is 10.1 Å². The normalized spacial score (nSPS) is 10.3. The summed E-state index contributed by atoms with van der Waals surface area (Å²) in [6, 6.07) is 21.0. The van der Waals surface area contributed by atoms with E-state index in [0.29, 0.717) is 23.6 Å². The molecule has 0 aliphatic carbocycles. The molecule has 0 aliphatic rings. The van der Waals surface area contributed by atoms with Gasteiger partial charge in [-0.1, -0.05) is 35.9 Å². The van der Waals surface area contributed by atoms with Crippen molar-refractivity contribution >= 4 is 17.6 Å². The van der Waals surface area contributed by atoms with Gasteiger partial charge in [0.05, 0.1) is 5.56 Å². The molecule has 0 fully saturated rings. The number of ether oxygens (including phenoxy) is 1. The zero-order valence-corrected chi connectivity index (χ0v) is 14.8. The van der Waals surface area contributed by atoms with Gasteiger partial charge in [-0.3, -0.25) is 4.79 Å². The number of aromatic carboxylic acids is 1. The Balaban J connectivity index is 1.61. The van der Waals surface area contributed by atoms with Crippen LogP contribution in [0.1, 0.15) is 31.8 Å². The Bertz CT molecular complexity index is 964. The molecule has 3 aromatic carbocycles. The van der Waals surface area contributed by atoms with Crippen molar-refractivity contribution < 1.29 is 19.4 Å². The van der Waals surface area contributed by atoms with Crippen molar-refractivity contribution in [2.75, 3.05) is 5.32 Å². The third kappa shape index (κ3) is 4.95. The van der Waals surface area contributed by atoms with E-state index in [9.17, 15) is 9.59 Å². The summed E-state index contributed by atoms with van der Waals surface area (Å²) >= 11 is 0. The number of anilines is 1. The largest absolute Gasteiger partial charge is 0.489 e. The number of rotatable bonds is 6. The van der Waals surface area contributed by atoms with Gasteiger partial charge in [0.2, 0.25) is 0 Å². The summed E-state index contributed by atoms with van der Waals surface area (Å²) in [7, 11) is 0. The number of aryl methyl sites for hydroxylation is 1. The predicted octanol–water partition coefficient (Wildman–Crippen LogP) is 4.52. The van der Waals surface area contributed by atoms with Crippen molar-refractivity contribution in [3.63, 3.8) is 0 Å². The zero-order chi connectivity index (χ0) is 19.2. The Morgan fingerprint density at radius 2 is 1.67 bits per heavy atom. The first-order valence-corrected chi connectivity index (χ1v) is 8.44. The molecule has 2 N–H and O–H groups in total. The van der Waals surface area contributed by atoms with Crippen molar-refractivity contribution in [3.8, 4) is 5.75 Å². The lowest BCUT2D eigenvalue weighted by Gasteiger charge is -2.09. The molecule has 136 valence electrons. The molecule has 0 saturated heterocycles. The van der Waals surface area contributed by atoms with Crippen LogP contribution in [0.4, 0.5) is 5.69 Å². The molecule has 0 aliphatic heterocycles. The van der Waals surface area contributed by atoms with Gasteiger partial charge in [-0.15, -0.1) is 0 Å². The fourth-order valence-corrected chi connectivity index (χ4v) is 2.60. The van der Waals surface area contributed by atoms with Crippen LogP contribution in [-0.4, -0.2) is 17.0 Å². The number of carbonyl (C=O) groups excluding carboxylic acids is 1. The summed E-state index contributed by atoms with van der Waals surface area (Å²) in [6.07, 6.45) is 0. The fraction of sp³-hybridized carbons (Fsp3) is 0.0909. The van der Waals surface area contributed by atoms with Crippen molar-refractivity contribution in [2.24, 2.45) is 0 Å². The van der Waals surface area contributed by atoms with Gasteiger partial charge in [-0.25, -0.2) is 4.79 Å².